The van der Waals surface area contributed by atoms with Crippen molar-refractivity contribution < 1.29 is 14.3 Å². The lowest BCUT2D eigenvalue weighted by Gasteiger charge is -2.38. The third kappa shape index (κ3) is 3.50. The second kappa shape index (κ2) is 7.51. The fourth-order valence-electron chi connectivity index (χ4n) is 2.98. The number of hydrogen-bond donors (Lipinski definition) is 1. The average molecular weight is 318 g/mol. The second-order valence-electron chi connectivity index (χ2n) is 5.85. The molecule has 1 amide bonds. The van der Waals surface area contributed by atoms with Crippen LogP contribution in [0.5, 0.6) is 11.5 Å². The molecule has 0 saturated carbocycles. The number of rotatable bonds is 5. The smallest absolute Gasteiger partial charge is 0.254 e. The Morgan fingerprint density at radius 2 is 2.13 bits per heavy atom. The standard InChI is InChI=1S/C18H26N2O3/c1-6-7-14-10-15(11-16(22-4)17(14)23-5)18(21)20-9-8-19-12(2)13(20)3/h6,10-13,19H,1,7-9H2,2-5H3. The Bertz CT molecular complexity index is 586. The molecule has 1 aliphatic heterocycles. The van der Waals surface area contributed by atoms with Crippen molar-refractivity contribution in [2.75, 3.05) is 27.3 Å². The van der Waals surface area contributed by atoms with Crippen LogP contribution in [-0.2, 0) is 6.42 Å². The highest BCUT2D eigenvalue weighted by molar-refractivity contribution is 5.95. The number of hydrogen-bond acceptors (Lipinski definition) is 4. The number of benzene rings is 1. The fraction of sp³-hybridized carbons (Fsp3) is 0.500. The molecule has 2 rings (SSSR count). The minimum absolute atomic E-state index is 0.0251. The van der Waals surface area contributed by atoms with Crippen LogP contribution in [-0.4, -0.2) is 50.2 Å². The number of nitrogens with zero attached hydrogens (tertiary/aromatic N) is 1. The number of allylic oxidation sites excluding steroid dienone is 1. The highest BCUT2D eigenvalue weighted by Gasteiger charge is 2.29. The van der Waals surface area contributed by atoms with E-state index in [2.05, 4.69) is 25.7 Å². The normalized spacial score (nSPS) is 21.0. The highest BCUT2D eigenvalue weighted by Crippen LogP contribution is 2.34. The molecule has 1 fully saturated rings. The van der Waals surface area contributed by atoms with Crippen LogP contribution in [0, 0.1) is 0 Å². The van der Waals surface area contributed by atoms with Crippen LogP contribution in [0.15, 0.2) is 24.8 Å². The Kier molecular flexibility index (Phi) is 5.66. The van der Waals surface area contributed by atoms with E-state index >= 15 is 0 Å². The van der Waals surface area contributed by atoms with Crippen LogP contribution in [0.1, 0.15) is 29.8 Å². The Labute approximate surface area is 138 Å². The maximum absolute atomic E-state index is 13.0. The number of carbonyl (C=O) groups excluding carboxylic acids is 1. The minimum atomic E-state index is 0.0251. The Morgan fingerprint density at radius 3 is 2.74 bits per heavy atom. The molecule has 0 bridgehead atoms. The number of amides is 1. The summed E-state index contributed by atoms with van der Waals surface area (Å²) in [6.45, 7) is 9.46. The quantitative estimate of drug-likeness (QED) is 0.846. The summed E-state index contributed by atoms with van der Waals surface area (Å²) in [5, 5.41) is 3.39. The average Bonchev–Trinajstić information content (AvgIpc) is 2.56. The van der Waals surface area contributed by atoms with E-state index in [0.717, 1.165) is 12.1 Å². The van der Waals surface area contributed by atoms with Crippen molar-refractivity contribution in [3.8, 4) is 11.5 Å². The molecule has 5 nitrogen and oxygen atoms in total. The first-order valence-corrected chi connectivity index (χ1v) is 7.93. The van der Waals surface area contributed by atoms with Crippen LogP contribution in [0.3, 0.4) is 0 Å². The number of carbonyl (C=O) groups is 1. The Balaban J connectivity index is 2.39. The molecule has 0 aliphatic carbocycles. The molecule has 0 radical (unpaired) electrons. The lowest BCUT2D eigenvalue weighted by Crippen LogP contribution is -2.57. The number of methoxy groups -OCH3 is 2. The first kappa shape index (κ1) is 17.3. The third-order valence-electron chi connectivity index (χ3n) is 4.46. The summed E-state index contributed by atoms with van der Waals surface area (Å²) < 4.78 is 10.8. The third-order valence-corrected chi connectivity index (χ3v) is 4.46. The molecule has 1 saturated heterocycles. The fourth-order valence-corrected chi connectivity index (χ4v) is 2.98. The van der Waals surface area contributed by atoms with Crippen LogP contribution < -0.4 is 14.8 Å². The SMILES string of the molecule is C=CCc1cc(C(=O)N2CCNC(C)C2C)cc(OC)c1OC. The van der Waals surface area contributed by atoms with E-state index in [1.807, 2.05) is 11.0 Å². The van der Waals surface area contributed by atoms with E-state index in [0.29, 0.717) is 30.0 Å². The van der Waals surface area contributed by atoms with E-state index in [1.165, 1.54) is 0 Å². The molecule has 1 aliphatic rings. The van der Waals surface area contributed by atoms with Crippen LogP contribution in [0.4, 0.5) is 0 Å². The van der Waals surface area contributed by atoms with Gasteiger partial charge in [-0.3, -0.25) is 4.79 Å². The van der Waals surface area contributed by atoms with E-state index < -0.39 is 0 Å². The van der Waals surface area contributed by atoms with Crippen molar-refractivity contribution in [2.24, 2.45) is 0 Å². The van der Waals surface area contributed by atoms with Crippen molar-refractivity contribution in [2.45, 2.75) is 32.4 Å². The highest BCUT2D eigenvalue weighted by atomic mass is 16.5. The van der Waals surface area contributed by atoms with Crippen LogP contribution in [0.2, 0.25) is 0 Å². The summed E-state index contributed by atoms with van der Waals surface area (Å²) in [4.78, 5) is 14.9. The van der Waals surface area contributed by atoms with Crippen molar-refractivity contribution in [3.63, 3.8) is 0 Å². The first-order valence-electron chi connectivity index (χ1n) is 7.93. The zero-order valence-electron chi connectivity index (χ0n) is 14.4. The Morgan fingerprint density at radius 1 is 1.39 bits per heavy atom. The summed E-state index contributed by atoms with van der Waals surface area (Å²) in [6, 6.07) is 4.06. The zero-order chi connectivity index (χ0) is 17.0. The van der Waals surface area contributed by atoms with Crippen molar-refractivity contribution in [1.29, 1.82) is 0 Å². The second-order valence-corrected chi connectivity index (χ2v) is 5.85. The molecular formula is C18H26N2O3. The van der Waals surface area contributed by atoms with Gasteiger partial charge in [-0.2, -0.15) is 0 Å². The molecule has 0 aromatic heterocycles. The molecule has 1 heterocycles. The summed E-state index contributed by atoms with van der Waals surface area (Å²) in [7, 11) is 3.19. The number of nitrogens with one attached hydrogen (secondary N) is 1. The van der Waals surface area contributed by atoms with Gasteiger partial charge in [-0.15, -0.1) is 6.58 Å². The summed E-state index contributed by atoms with van der Waals surface area (Å²) in [6.07, 6.45) is 2.41. The molecule has 1 N–H and O–H groups in total. The van der Waals surface area contributed by atoms with E-state index in [4.69, 9.17) is 9.47 Å². The number of piperazine rings is 1. The Hall–Kier alpha value is -2.01. The van der Waals surface area contributed by atoms with E-state index in [9.17, 15) is 4.79 Å². The number of ether oxygens (including phenoxy) is 2. The maximum atomic E-state index is 13.0. The lowest BCUT2D eigenvalue weighted by molar-refractivity contribution is 0.0602. The molecule has 2 unspecified atom stereocenters. The van der Waals surface area contributed by atoms with Crippen LogP contribution >= 0.6 is 0 Å². The molecule has 1 aromatic rings. The topological polar surface area (TPSA) is 50.8 Å². The minimum Gasteiger partial charge on any atom is -0.493 e. The van der Waals surface area contributed by atoms with Gasteiger partial charge in [0.1, 0.15) is 0 Å². The predicted molar refractivity (Wildman–Crippen MR) is 91.4 cm³/mol. The van der Waals surface area contributed by atoms with Gasteiger partial charge in [-0.1, -0.05) is 6.08 Å². The van der Waals surface area contributed by atoms with Crippen molar-refractivity contribution in [1.82, 2.24) is 10.2 Å². The molecule has 126 valence electrons. The molecule has 1 aromatic carbocycles. The summed E-state index contributed by atoms with van der Waals surface area (Å²) >= 11 is 0. The van der Waals surface area contributed by atoms with Gasteiger partial charge >= 0.3 is 0 Å². The summed E-state index contributed by atoms with van der Waals surface area (Å²) in [5.74, 6) is 1.26. The lowest BCUT2D eigenvalue weighted by atomic mass is 10.0. The monoisotopic (exact) mass is 318 g/mol. The van der Waals surface area contributed by atoms with Gasteiger partial charge in [0.05, 0.1) is 14.2 Å². The van der Waals surface area contributed by atoms with Crippen molar-refractivity contribution >= 4 is 5.91 Å². The molecule has 0 spiro atoms. The predicted octanol–water partition coefficient (Wildman–Crippen LogP) is 2.25. The zero-order valence-corrected chi connectivity index (χ0v) is 14.4. The molecule has 23 heavy (non-hydrogen) atoms. The molecule has 2 atom stereocenters. The van der Waals surface area contributed by atoms with Gasteiger partial charge in [0.25, 0.3) is 5.91 Å². The maximum Gasteiger partial charge on any atom is 0.254 e. The van der Waals surface area contributed by atoms with Gasteiger partial charge in [0, 0.05) is 36.3 Å². The van der Waals surface area contributed by atoms with Crippen molar-refractivity contribution in [3.05, 3.63) is 35.9 Å². The van der Waals surface area contributed by atoms with Gasteiger partial charge in [-0.25, -0.2) is 0 Å². The largest absolute Gasteiger partial charge is 0.493 e. The van der Waals surface area contributed by atoms with Gasteiger partial charge in [-0.05, 0) is 32.4 Å². The first-order chi connectivity index (χ1) is 11.0. The molecular weight excluding hydrogens is 292 g/mol. The van der Waals surface area contributed by atoms with Crippen LogP contribution in [0.25, 0.3) is 0 Å². The van der Waals surface area contributed by atoms with Gasteiger partial charge < -0.3 is 19.7 Å². The van der Waals surface area contributed by atoms with Gasteiger partial charge in [0.15, 0.2) is 11.5 Å². The summed E-state index contributed by atoms with van der Waals surface area (Å²) in [5.41, 5.74) is 1.53. The van der Waals surface area contributed by atoms with E-state index in [1.54, 1.807) is 26.4 Å². The molecule has 5 heteroatoms. The van der Waals surface area contributed by atoms with Gasteiger partial charge in [0.2, 0.25) is 0 Å². The van der Waals surface area contributed by atoms with E-state index in [-0.39, 0.29) is 18.0 Å².